The lowest BCUT2D eigenvalue weighted by Crippen LogP contribution is -2.45. The predicted molar refractivity (Wildman–Crippen MR) is 108 cm³/mol. The van der Waals surface area contributed by atoms with Gasteiger partial charge in [0.2, 0.25) is 0 Å². The Morgan fingerprint density at radius 1 is 1.25 bits per heavy atom. The Morgan fingerprint density at radius 3 is 3.00 bits per heavy atom. The van der Waals surface area contributed by atoms with E-state index in [0.29, 0.717) is 33.8 Å². The van der Waals surface area contributed by atoms with Gasteiger partial charge in [0, 0.05) is 47.8 Å². The molecule has 1 fully saturated rings. The largest absolute Gasteiger partial charge is 0.392 e. The van der Waals surface area contributed by atoms with E-state index in [2.05, 4.69) is 16.4 Å². The van der Waals surface area contributed by atoms with Crippen LogP contribution in [0.2, 0.25) is 5.02 Å². The fraction of sp³-hybridized carbons (Fsp3) is 0.333. The van der Waals surface area contributed by atoms with Crippen LogP contribution in [0.3, 0.4) is 0 Å². The molecule has 6 nitrogen and oxygen atoms in total. The minimum Gasteiger partial charge on any atom is -0.392 e. The number of hydrogen-bond donors (Lipinski definition) is 2. The Hall–Kier alpha value is -2.41. The van der Waals surface area contributed by atoms with Gasteiger partial charge in [-0.05, 0) is 54.8 Å². The number of halogens is 1. The van der Waals surface area contributed by atoms with Crippen molar-refractivity contribution in [2.75, 3.05) is 13.1 Å². The Balaban J connectivity index is 1.62. The van der Waals surface area contributed by atoms with Crippen molar-refractivity contribution in [1.82, 2.24) is 19.4 Å². The van der Waals surface area contributed by atoms with Gasteiger partial charge in [-0.2, -0.15) is 0 Å². The van der Waals surface area contributed by atoms with Gasteiger partial charge in [-0.15, -0.1) is 0 Å². The third-order valence-electron chi connectivity index (χ3n) is 5.87. The molecule has 4 heterocycles. The van der Waals surface area contributed by atoms with Gasteiger partial charge in [0.05, 0.1) is 12.2 Å². The summed E-state index contributed by atoms with van der Waals surface area (Å²) in [4.78, 5) is 17.8. The second-order valence-corrected chi connectivity index (χ2v) is 8.01. The third-order valence-corrected chi connectivity index (χ3v) is 6.24. The molecular weight excluding hydrogens is 376 g/mol. The monoisotopic (exact) mass is 396 g/mol. The zero-order valence-electron chi connectivity index (χ0n) is 15.3. The number of pyridine rings is 1. The van der Waals surface area contributed by atoms with Gasteiger partial charge in [-0.3, -0.25) is 9.36 Å². The maximum absolute atomic E-state index is 13.3. The van der Waals surface area contributed by atoms with E-state index in [1.54, 1.807) is 12.3 Å². The first kappa shape index (κ1) is 17.7. The molecule has 0 saturated carbocycles. The summed E-state index contributed by atoms with van der Waals surface area (Å²) in [7, 11) is 0. The molecule has 2 N–H and O–H groups in total. The molecule has 2 aromatic heterocycles. The molecular formula is C21H21ClN4O2. The first-order valence-electron chi connectivity index (χ1n) is 9.53. The van der Waals surface area contributed by atoms with Crippen LogP contribution in [0, 0.1) is 5.92 Å². The van der Waals surface area contributed by atoms with Crippen LogP contribution in [0.15, 0.2) is 47.5 Å². The number of hydrogen-bond acceptors (Lipinski definition) is 4. The zero-order chi connectivity index (χ0) is 19.3. The molecule has 2 aliphatic heterocycles. The van der Waals surface area contributed by atoms with Gasteiger partial charge in [0.1, 0.15) is 5.82 Å². The van der Waals surface area contributed by atoms with Gasteiger partial charge in [0.25, 0.3) is 5.56 Å². The number of nitrogens with one attached hydrogen (secondary N) is 1. The Kier molecular flexibility index (Phi) is 4.34. The van der Waals surface area contributed by atoms with Gasteiger partial charge >= 0.3 is 0 Å². The standard InChI is InChI=1S/C21H21ClN4O2/c22-18-3-1-16(8-15(18)12-27)25-6-5-24-20(25)17-2-4-19-14-7-13(9-23-10-14)11-26(19)21(17)28/h1-6,8,13-14,23,27H,7,9-12H2/t13-,14+/m0/s1. The maximum atomic E-state index is 13.3. The van der Waals surface area contributed by atoms with Crippen LogP contribution in [0.5, 0.6) is 0 Å². The summed E-state index contributed by atoms with van der Waals surface area (Å²) in [6.45, 7) is 2.51. The number of benzene rings is 1. The van der Waals surface area contributed by atoms with Gasteiger partial charge in [0.15, 0.2) is 0 Å². The Labute approximate surface area is 167 Å². The minimum absolute atomic E-state index is 0.0119. The predicted octanol–water partition coefficient (Wildman–Crippen LogP) is 2.55. The smallest absolute Gasteiger partial charge is 0.261 e. The van der Waals surface area contributed by atoms with E-state index >= 15 is 0 Å². The molecule has 0 amide bonds. The van der Waals surface area contributed by atoms with E-state index in [4.69, 9.17) is 11.6 Å². The Bertz CT molecular complexity index is 1100. The number of fused-ring (bicyclic) bond motifs is 4. The molecule has 3 aromatic rings. The van der Waals surface area contributed by atoms with E-state index in [1.165, 1.54) is 0 Å². The number of aromatic nitrogens is 3. The fourth-order valence-corrected chi connectivity index (χ4v) is 4.68. The second-order valence-electron chi connectivity index (χ2n) is 7.60. The highest BCUT2D eigenvalue weighted by atomic mass is 35.5. The molecule has 0 spiro atoms. The normalized spacial score (nSPS) is 20.8. The molecule has 0 unspecified atom stereocenters. The summed E-state index contributed by atoms with van der Waals surface area (Å²) in [6.07, 6.45) is 4.65. The van der Waals surface area contributed by atoms with E-state index in [1.807, 2.05) is 33.5 Å². The van der Waals surface area contributed by atoms with Crippen LogP contribution in [-0.2, 0) is 13.2 Å². The van der Waals surface area contributed by atoms with Crippen LogP contribution in [-0.4, -0.2) is 32.3 Å². The lowest BCUT2D eigenvalue weighted by molar-refractivity contribution is 0.257. The number of aliphatic hydroxyl groups is 1. The number of aliphatic hydroxyl groups excluding tert-OH is 1. The molecule has 0 aliphatic carbocycles. The quantitative estimate of drug-likeness (QED) is 0.713. The third kappa shape index (κ3) is 2.80. The van der Waals surface area contributed by atoms with Gasteiger partial charge in [-0.1, -0.05) is 11.6 Å². The lowest BCUT2D eigenvalue weighted by Gasteiger charge is -2.37. The Morgan fingerprint density at radius 2 is 2.14 bits per heavy atom. The van der Waals surface area contributed by atoms with Crippen molar-refractivity contribution < 1.29 is 5.11 Å². The second kappa shape index (κ2) is 6.88. The molecule has 5 rings (SSSR count). The summed E-state index contributed by atoms with van der Waals surface area (Å²) < 4.78 is 3.80. The molecule has 28 heavy (non-hydrogen) atoms. The molecule has 2 atom stereocenters. The van der Waals surface area contributed by atoms with Crippen LogP contribution >= 0.6 is 11.6 Å². The topological polar surface area (TPSA) is 72.1 Å². The molecule has 0 radical (unpaired) electrons. The highest BCUT2D eigenvalue weighted by Crippen LogP contribution is 2.33. The van der Waals surface area contributed by atoms with Crippen molar-refractivity contribution in [3.8, 4) is 17.1 Å². The van der Waals surface area contributed by atoms with Crippen molar-refractivity contribution in [2.24, 2.45) is 5.92 Å². The molecule has 144 valence electrons. The average Bonchev–Trinajstić information content (AvgIpc) is 3.19. The molecule has 1 saturated heterocycles. The van der Waals surface area contributed by atoms with Crippen molar-refractivity contribution in [2.45, 2.75) is 25.5 Å². The van der Waals surface area contributed by atoms with Crippen molar-refractivity contribution in [3.63, 3.8) is 0 Å². The summed E-state index contributed by atoms with van der Waals surface area (Å²) in [5.41, 5.74) is 3.16. The summed E-state index contributed by atoms with van der Waals surface area (Å²) in [5.74, 6) is 1.50. The van der Waals surface area contributed by atoms with Crippen molar-refractivity contribution >= 4 is 11.6 Å². The summed E-state index contributed by atoms with van der Waals surface area (Å²) >= 11 is 6.12. The van der Waals surface area contributed by atoms with E-state index < -0.39 is 0 Å². The zero-order valence-corrected chi connectivity index (χ0v) is 16.1. The average molecular weight is 397 g/mol. The summed E-state index contributed by atoms with van der Waals surface area (Å²) in [6, 6.07) is 9.40. The molecule has 2 aliphatic rings. The first-order chi connectivity index (χ1) is 13.7. The molecule has 1 aromatic carbocycles. The van der Waals surface area contributed by atoms with Crippen LogP contribution in [0.1, 0.15) is 23.6 Å². The van der Waals surface area contributed by atoms with Crippen LogP contribution < -0.4 is 10.9 Å². The highest BCUT2D eigenvalue weighted by Gasteiger charge is 2.31. The van der Waals surface area contributed by atoms with E-state index in [0.717, 1.165) is 37.4 Å². The van der Waals surface area contributed by atoms with Gasteiger partial charge < -0.3 is 15.0 Å². The fourth-order valence-electron chi connectivity index (χ4n) is 4.50. The highest BCUT2D eigenvalue weighted by molar-refractivity contribution is 6.31. The van der Waals surface area contributed by atoms with E-state index in [9.17, 15) is 9.90 Å². The van der Waals surface area contributed by atoms with Gasteiger partial charge in [-0.25, -0.2) is 4.98 Å². The van der Waals surface area contributed by atoms with Crippen LogP contribution in [0.25, 0.3) is 17.1 Å². The number of nitrogens with zero attached hydrogens (tertiary/aromatic N) is 3. The van der Waals surface area contributed by atoms with Crippen LogP contribution in [0.4, 0.5) is 0 Å². The summed E-state index contributed by atoms with van der Waals surface area (Å²) in [5, 5.41) is 13.5. The molecule has 2 bridgehead atoms. The number of rotatable bonds is 3. The lowest BCUT2D eigenvalue weighted by atomic mass is 9.84. The SMILES string of the molecule is O=c1c(-c2nccn2-c2ccc(Cl)c(CO)c2)ccc2n1C[C@@H]1CNC[C@H]2C1. The van der Waals surface area contributed by atoms with Crippen molar-refractivity contribution in [3.05, 3.63) is 69.4 Å². The van der Waals surface area contributed by atoms with E-state index in [-0.39, 0.29) is 12.2 Å². The number of piperidine rings is 1. The minimum atomic E-state index is -0.144. The first-order valence-corrected chi connectivity index (χ1v) is 9.91. The number of imidazole rings is 1. The van der Waals surface area contributed by atoms with Crippen molar-refractivity contribution in [1.29, 1.82) is 0 Å². The maximum Gasteiger partial charge on any atom is 0.261 e. The molecule has 7 heteroatoms.